The van der Waals surface area contributed by atoms with Crippen LogP contribution in [0.2, 0.25) is 0 Å². The Kier molecular flexibility index (Phi) is 2.25. The summed E-state index contributed by atoms with van der Waals surface area (Å²) in [6.07, 6.45) is 3.78. The Hall–Kier alpha value is -1.36. The van der Waals surface area contributed by atoms with Crippen LogP contribution in [0.5, 0.6) is 0 Å². The number of rotatable bonds is 2. The lowest BCUT2D eigenvalue weighted by Gasteiger charge is -2.20. The Labute approximate surface area is 81.8 Å². The molecular formula is C9H13N3O2. The lowest BCUT2D eigenvalue weighted by atomic mass is 9.89. The third kappa shape index (κ3) is 1.63. The number of hydrogen-bond acceptors (Lipinski definition) is 4. The molecule has 0 radical (unpaired) electrons. The Morgan fingerprint density at radius 2 is 2.64 bits per heavy atom. The average Bonchev–Trinajstić information content (AvgIpc) is 2.76. The summed E-state index contributed by atoms with van der Waals surface area (Å²) in [5.74, 6) is 0.0192. The van der Waals surface area contributed by atoms with Gasteiger partial charge in [-0.1, -0.05) is 5.16 Å². The van der Waals surface area contributed by atoms with Crippen molar-refractivity contribution in [3.8, 4) is 0 Å². The van der Waals surface area contributed by atoms with E-state index < -0.39 is 0 Å². The highest BCUT2D eigenvalue weighted by Gasteiger charge is 2.36. The summed E-state index contributed by atoms with van der Waals surface area (Å²) in [7, 11) is 0. The SMILES string of the molecule is CC1(C(=O)Nc2cnoc2)CCNC1. The van der Waals surface area contributed by atoms with Gasteiger partial charge in [-0.2, -0.15) is 0 Å². The molecule has 0 saturated carbocycles. The third-order valence-electron chi connectivity index (χ3n) is 2.61. The summed E-state index contributed by atoms with van der Waals surface area (Å²) in [6, 6.07) is 0. The fourth-order valence-corrected chi connectivity index (χ4v) is 1.56. The topological polar surface area (TPSA) is 67.2 Å². The first-order valence-corrected chi connectivity index (χ1v) is 4.62. The van der Waals surface area contributed by atoms with Gasteiger partial charge in [0.15, 0.2) is 0 Å². The molecule has 0 bridgehead atoms. The first-order valence-electron chi connectivity index (χ1n) is 4.62. The van der Waals surface area contributed by atoms with E-state index in [1.807, 2.05) is 6.92 Å². The van der Waals surface area contributed by atoms with Gasteiger partial charge in [0.2, 0.25) is 5.91 Å². The first kappa shape index (κ1) is 9.21. The molecule has 1 aliphatic rings. The van der Waals surface area contributed by atoms with Gasteiger partial charge in [0, 0.05) is 6.54 Å². The second-order valence-corrected chi connectivity index (χ2v) is 3.85. The maximum Gasteiger partial charge on any atom is 0.231 e. The van der Waals surface area contributed by atoms with Crippen LogP contribution in [-0.4, -0.2) is 24.2 Å². The Morgan fingerprint density at radius 3 is 3.21 bits per heavy atom. The van der Waals surface area contributed by atoms with Crippen LogP contribution in [0.4, 0.5) is 5.69 Å². The standard InChI is InChI=1S/C9H13N3O2/c1-9(2-3-10-6-9)8(13)12-7-4-11-14-5-7/h4-5,10H,2-3,6H2,1H3,(H,12,13). The highest BCUT2D eigenvalue weighted by atomic mass is 16.5. The van der Waals surface area contributed by atoms with E-state index in [2.05, 4.69) is 20.3 Å². The molecule has 1 fully saturated rings. The zero-order chi connectivity index (χ0) is 10.0. The van der Waals surface area contributed by atoms with E-state index in [1.165, 1.54) is 12.5 Å². The van der Waals surface area contributed by atoms with Crippen molar-refractivity contribution in [1.82, 2.24) is 10.5 Å². The van der Waals surface area contributed by atoms with Crippen LogP contribution < -0.4 is 10.6 Å². The summed E-state index contributed by atoms with van der Waals surface area (Å²) in [4.78, 5) is 11.8. The third-order valence-corrected chi connectivity index (χ3v) is 2.61. The van der Waals surface area contributed by atoms with Crippen LogP contribution >= 0.6 is 0 Å². The van der Waals surface area contributed by atoms with E-state index in [-0.39, 0.29) is 11.3 Å². The molecule has 5 heteroatoms. The Morgan fingerprint density at radius 1 is 1.79 bits per heavy atom. The molecular weight excluding hydrogens is 182 g/mol. The largest absolute Gasteiger partial charge is 0.363 e. The highest BCUT2D eigenvalue weighted by Crippen LogP contribution is 2.26. The number of anilines is 1. The van der Waals surface area contributed by atoms with Crippen molar-refractivity contribution in [3.05, 3.63) is 12.5 Å². The normalized spacial score (nSPS) is 26.4. The van der Waals surface area contributed by atoms with Crippen molar-refractivity contribution in [1.29, 1.82) is 0 Å². The molecule has 1 aromatic heterocycles. The lowest BCUT2D eigenvalue weighted by molar-refractivity contribution is -0.123. The van der Waals surface area contributed by atoms with Crippen molar-refractivity contribution in [3.63, 3.8) is 0 Å². The predicted octanol–water partition coefficient (Wildman–Crippen LogP) is 0.613. The van der Waals surface area contributed by atoms with Crippen LogP contribution in [0.15, 0.2) is 17.0 Å². The molecule has 0 aromatic carbocycles. The number of amides is 1. The fourth-order valence-electron chi connectivity index (χ4n) is 1.56. The van der Waals surface area contributed by atoms with Crippen molar-refractivity contribution in [2.24, 2.45) is 5.41 Å². The van der Waals surface area contributed by atoms with Gasteiger partial charge in [-0.05, 0) is 19.9 Å². The number of nitrogens with zero attached hydrogens (tertiary/aromatic N) is 1. The molecule has 5 nitrogen and oxygen atoms in total. The predicted molar refractivity (Wildman–Crippen MR) is 50.7 cm³/mol. The van der Waals surface area contributed by atoms with Gasteiger partial charge in [-0.25, -0.2) is 0 Å². The molecule has 1 aromatic rings. The molecule has 1 atom stereocenters. The van der Waals surface area contributed by atoms with Gasteiger partial charge in [0.05, 0.1) is 11.6 Å². The van der Waals surface area contributed by atoms with Crippen LogP contribution in [0.3, 0.4) is 0 Å². The van der Waals surface area contributed by atoms with E-state index in [1.54, 1.807) is 0 Å². The quantitative estimate of drug-likeness (QED) is 0.725. The summed E-state index contributed by atoms with van der Waals surface area (Å²) in [5, 5.41) is 9.46. The van der Waals surface area contributed by atoms with Gasteiger partial charge in [-0.15, -0.1) is 0 Å². The molecule has 1 aliphatic heterocycles. The van der Waals surface area contributed by atoms with Crippen LogP contribution in [0.1, 0.15) is 13.3 Å². The first-order chi connectivity index (χ1) is 6.71. The second kappa shape index (κ2) is 3.42. The minimum atomic E-state index is -0.308. The zero-order valence-corrected chi connectivity index (χ0v) is 8.04. The summed E-state index contributed by atoms with van der Waals surface area (Å²) in [5.41, 5.74) is 0.306. The van der Waals surface area contributed by atoms with Crippen LogP contribution in [-0.2, 0) is 4.79 Å². The van der Waals surface area contributed by atoms with Crippen LogP contribution in [0.25, 0.3) is 0 Å². The van der Waals surface area contributed by atoms with Crippen LogP contribution in [0, 0.1) is 5.41 Å². The summed E-state index contributed by atoms with van der Waals surface area (Å²) < 4.78 is 4.63. The summed E-state index contributed by atoms with van der Waals surface area (Å²) >= 11 is 0. The molecule has 2 rings (SSSR count). The number of carbonyl (C=O) groups is 1. The molecule has 0 spiro atoms. The second-order valence-electron chi connectivity index (χ2n) is 3.85. The maximum atomic E-state index is 11.8. The zero-order valence-electron chi connectivity index (χ0n) is 8.04. The van der Waals surface area contributed by atoms with E-state index in [4.69, 9.17) is 0 Å². The number of carbonyl (C=O) groups excluding carboxylic acids is 1. The summed E-state index contributed by atoms with van der Waals surface area (Å²) in [6.45, 7) is 3.58. The van der Waals surface area contributed by atoms with E-state index in [0.717, 1.165) is 19.5 Å². The average molecular weight is 195 g/mol. The molecule has 1 unspecified atom stereocenters. The van der Waals surface area contributed by atoms with Crippen molar-refractivity contribution >= 4 is 11.6 Å². The van der Waals surface area contributed by atoms with E-state index in [0.29, 0.717) is 5.69 Å². The molecule has 1 amide bonds. The van der Waals surface area contributed by atoms with E-state index >= 15 is 0 Å². The monoisotopic (exact) mass is 195 g/mol. The molecule has 2 N–H and O–H groups in total. The van der Waals surface area contributed by atoms with Gasteiger partial charge in [0.25, 0.3) is 0 Å². The molecule has 76 valence electrons. The van der Waals surface area contributed by atoms with Gasteiger partial charge in [0.1, 0.15) is 12.0 Å². The fraction of sp³-hybridized carbons (Fsp3) is 0.556. The smallest absolute Gasteiger partial charge is 0.231 e. The van der Waals surface area contributed by atoms with Crippen molar-refractivity contribution < 1.29 is 9.32 Å². The molecule has 0 aliphatic carbocycles. The lowest BCUT2D eigenvalue weighted by Crippen LogP contribution is -2.35. The highest BCUT2D eigenvalue weighted by molar-refractivity contribution is 5.95. The number of hydrogen-bond donors (Lipinski definition) is 2. The maximum absolute atomic E-state index is 11.8. The minimum absolute atomic E-state index is 0.0192. The number of nitrogens with one attached hydrogen (secondary N) is 2. The van der Waals surface area contributed by atoms with Crippen molar-refractivity contribution in [2.45, 2.75) is 13.3 Å². The van der Waals surface area contributed by atoms with Gasteiger partial charge >= 0.3 is 0 Å². The Balaban J connectivity index is 2.02. The molecule has 1 saturated heterocycles. The van der Waals surface area contributed by atoms with Gasteiger partial charge in [-0.3, -0.25) is 4.79 Å². The Bertz CT molecular complexity index is 315. The van der Waals surface area contributed by atoms with Crippen molar-refractivity contribution in [2.75, 3.05) is 18.4 Å². The molecule has 2 heterocycles. The molecule has 14 heavy (non-hydrogen) atoms. The van der Waals surface area contributed by atoms with Gasteiger partial charge < -0.3 is 15.2 Å². The van der Waals surface area contributed by atoms with E-state index in [9.17, 15) is 4.79 Å². The number of aromatic nitrogens is 1. The minimum Gasteiger partial charge on any atom is -0.363 e.